The minimum Gasteiger partial charge on any atom is -0.275 e. The number of sulfonamides is 1. The number of nitrogens with two attached hydrogens (primary N) is 1. The standard InChI is InChI=1S/C18H15N5O2S/c1-23-11-14(9-22-23)16-4-5-21-18-3-2-12(7-17(16)18)13-6-15(10-20-8-13)26(19,24)25/h2-11H,1H3,(H2,19,24,25). The molecule has 3 heterocycles. The minimum absolute atomic E-state index is 0.0197. The van der Waals surface area contributed by atoms with Crippen LogP contribution < -0.4 is 5.14 Å². The first kappa shape index (κ1) is 16.4. The van der Waals surface area contributed by atoms with Gasteiger partial charge in [-0.2, -0.15) is 5.10 Å². The molecule has 0 atom stereocenters. The number of primary sulfonamides is 1. The summed E-state index contributed by atoms with van der Waals surface area (Å²) in [6, 6.07) is 9.20. The molecule has 0 spiro atoms. The van der Waals surface area contributed by atoms with Crippen LogP contribution in [-0.2, 0) is 17.1 Å². The number of aryl methyl sites for hydroxylation is 1. The molecule has 7 nitrogen and oxygen atoms in total. The highest BCUT2D eigenvalue weighted by Gasteiger charge is 2.12. The molecule has 4 rings (SSSR count). The number of pyridine rings is 2. The van der Waals surface area contributed by atoms with Gasteiger partial charge in [0.25, 0.3) is 0 Å². The van der Waals surface area contributed by atoms with E-state index in [1.54, 1.807) is 23.3 Å². The van der Waals surface area contributed by atoms with Crippen LogP contribution in [0.25, 0.3) is 33.2 Å². The molecule has 0 fully saturated rings. The van der Waals surface area contributed by atoms with Crippen molar-refractivity contribution in [2.75, 3.05) is 0 Å². The van der Waals surface area contributed by atoms with Gasteiger partial charge >= 0.3 is 0 Å². The second-order valence-corrected chi connectivity index (χ2v) is 7.51. The van der Waals surface area contributed by atoms with E-state index in [4.69, 9.17) is 5.14 Å². The SMILES string of the molecule is Cn1cc(-c2ccnc3ccc(-c4cncc(S(N)(=O)=O)c4)cc23)cn1. The maximum atomic E-state index is 11.6. The first-order valence-corrected chi connectivity index (χ1v) is 9.32. The van der Waals surface area contributed by atoms with Crippen molar-refractivity contribution in [1.82, 2.24) is 19.7 Å². The molecule has 0 amide bonds. The van der Waals surface area contributed by atoms with E-state index in [0.717, 1.165) is 27.6 Å². The largest absolute Gasteiger partial charge is 0.275 e. The van der Waals surface area contributed by atoms with E-state index in [-0.39, 0.29) is 4.90 Å². The Bertz CT molecular complexity index is 1230. The molecule has 0 saturated carbocycles. The Balaban J connectivity index is 1.91. The first-order chi connectivity index (χ1) is 12.4. The molecular formula is C18H15N5O2S. The number of aromatic nitrogens is 4. The van der Waals surface area contributed by atoms with Crippen LogP contribution in [0, 0.1) is 0 Å². The number of fused-ring (bicyclic) bond motifs is 1. The monoisotopic (exact) mass is 365 g/mol. The van der Waals surface area contributed by atoms with Gasteiger partial charge in [0.15, 0.2) is 0 Å². The second-order valence-electron chi connectivity index (χ2n) is 5.95. The molecule has 0 radical (unpaired) electrons. The zero-order valence-electron chi connectivity index (χ0n) is 13.9. The van der Waals surface area contributed by atoms with Gasteiger partial charge < -0.3 is 0 Å². The highest BCUT2D eigenvalue weighted by Crippen LogP contribution is 2.31. The lowest BCUT2D eigenvalue weighted by molar-refractivity contribution is 0.597. The Morgan fingerprint density at radius 3 is 2.58 bits per heavy atom. The quantitative estimate of drug-likeness (QED) is 0.600. The molecule has 8 heteroatoms. The van der Waals surface area contributed by atoms with Crippen LogP contribution in [0.15, 0.2) is 66.2 Å². The van der Waals surface area contributed by atoms with E-state index in [9.17, 15) is 8.42 Å². The molecule has 0 aliphatic carbocycles. The van der Waals surface area contributed by atoms with Gasteiger partial charge in [-0.1, -0.05) is 6.07 Å². The molecule has 130 valence electrons. The lowest BCUT2D eigenvalue weighted by Crippen LogP contribution is -2.12. The first-order valence-electron chi connectivity index (χ1n) is 7.78. The van der Waals surface area contributed by atoms with Gasteiger partial charge in [-0.15, -0.1) is 0 Å². The van der Waals surface area contributed by atoms with E-state index in [1.807, 2.05) is 37.5 Å². The van der Waals surface area contributed by atoms with Gasteiger partial charge in [0, 0.05) is 48.3 Å². The predicted octanol–water partition coefficient (Wildman–Crippen LogP) is 2.34. The molecule has 0 aliphatic rings. The Kier molecular flexibility index (Phi) is 3.78. The van der Waals surface area contributed by atoms with E-state index < -0.39 is 10.0 Å². The molecule has 26 heavy (non-hydrogen) atoms. The zero-order valence-corrected chi connectivity index (χ0v) is 14.7. The summed E-state index contributed by atoms with van der Waals surface area (Å²) in [5, 5.41) is 10.4. The molecule has 0 saturated heterocycles. The summed E-state index contributed by atoms with van der Waals surface area (Å²) in [6.45, 7) is 0. The molecule has 2 N–H and O–H groups in total. The minimum atomic E-state index is -3.81. The molecule has 4 aromatic rings. The average molecular weight is 365 g/mol. The van der Waals surface area contributed by atoms with Crippen molar-refractivity contribution in [2.45, 2.75) is 4.90 Å². The average Bonchev–Trinajstić information content (AvgIpc) is 3.06. The number of benzene rings is 1. The Hall–Kier alpha value is -3.10. The fourth-order valence-electron chi connectivity index (χ4n) is 2.87. The molecule has 1 aromatic carbocycles. The van der Waals surface area contributed by atoms with E-state index in [0.29, 0.717) is 5.56 Å². The Labute approximate surface area is 150 Å². The third-order valence-corrected chi connectivity index (χ3v) is 5.01. The zero-order chi connectivity index (χ0) is 18.3. The van der Waals surface area contributed by atoms with Crippen LogP contribution in [-0.4, -0.2) is 28.2 Å². The van der Waals surface area contributed by atoms with Gasteiger partial charge in [-0.3, -0.25) is 14.6 Å². The number of hydrogen-bond acceptors (Lipinski definition) is 5. The normalized spacial score (nSPS) is 11.8. The highest BCUT2D eigenvalue weighted by molar-refractivity contribution is 7.89. The molecule has 0 unspecified atom stereocenters. The van der Waals surface area contributed by atoms with Gasteiger partial charge in [0.1, 0.15) is 4.90 Å². The third-order valence-electron chi connectivity index (χ3n) is 4.13. The molecular weight excluding hydrogens is 350 g/mol. The van der Waals surface area contributed by atoms with Crippen molar-refractivity contribution in [2.24, 2.45) is 12.2 Å². The number of rotatable bonds is 3. The van der Waals surface area contributed by atoms with Crippen molar-refractivity contribution in [3.05, 3.63) is 61.3 Å². The van der Waals surface area contributed by atoms with Crippen LogP contribution in [0.3, 0.4) is 0 Å². The summed E-state index contributed by atoms with van der Waals surface area (Å²) in [6.07, 6.45) is 8.33. The van der Waals surface area contributed by atoms with Crippen LogP contribution >= 0.6 is 0 Å². The van der Waals surface area contributed by atoms with Crippen molar-refractivity contribution < 1.29 is 8.42 Å². The van der Waals surface area contributed by atoms with E-state index >= 15 is 0 Å². The topological polar surface area (TPSA) is 104 Å². The number of hydrogen-bond donors (Lipinski definition) is 1. The summed E-state index contributed by atoms with van der Waals surface area (Å²) in [5.41, 5.74) is 4.31. The van der Waals surface area contributed by atoms with Crippen LogP contribution in [0.5, 0.6) is 0 Å². The Morgan fingerprint density at radius 2 is 1.85 bits per heavy atom. The fourth-order valence-corrected chi connectivity index (χ4v) is 3.37. The molecule has 0 aliphatic heterocycles. The van der Waals surface area contributed by atoms with Crippen molar-refractivity contribution in [3.8, 4) is 22.3 Å². The van der Waals surface area contributed by atoms with E-state index in [1.165, 1.54) is 12.3 Å². The predicted molar refractivity (Wildman–Crippen MR) is 98.5 cm³/mol. The number of nitrogens with zero attached hydrogens (tertiary/aromatic N) is 4. The fraction of sp³-hybridized carbons (Fsp3) is 0.0556. The van der Waals surface area contributed by atoms with Crippen LogP contribution in [0.1, 0.15) is 0 Å². The van der Waals surface area contributed by atoms with Crippen LogP contribution in [0.4, 0.5) is 0 Å². The maximum absolute atomic E-state index is 11.6. The lowest BCUT2D eigenvalue weighted by Gasteiger charge is -2.08. The van der Waals surface area contributed by atoms with E-state index in [2.05, 4.69) is 15.1 Å². The summed E-state index contributed by atoms with van der Waals surface area (Å²) >= 11 is 0. The summed E-state index contributed by atoms with van der Waals surface area (Å²) in [5.74, 6) is 0. The third kappa shape index (κ3) is 2.96. The Morgan fingerprint density at radius 1 is 1.00 bits per heavy atom. The van der Waals surface area contributed by atoms with Crippen molar-refractivity contribution in [1.29, 1.82) is 0 Å². The highest BCUT2D eigenvalue weighted by atomic mass is 32.2. The molecule has 0 bridgehead atoms. The van der Waals surface area contributed by atoms with Gasteiger partial charge in [0.05, 0.1) is 11.7 Å². The second kappa shape index (κ2) is 6.01. The molecule has 3 aromatic heterocycles. The van der Waals surface area contributed by atoms with Crippen LogP contribution in [0.2, 0.25) is 0 Å². The van der Waals surface area contributed by atoms with Crippen molar-refractivity contribution >= 4 is 20.9 Å². The summed E-state index contributed by atoms with van der Waals surface area (Å²) in [7, 11) is -1.95. The summed E-state index contributed by atoms with van der Waals surface area (Å²) < 4.78 is 24.9. The maximum Gasteiger partial charge on any atom is 0.239 e. The van der Waals surface area contributed by atoms with Crippen molar-refractivity contribution in [3.63, 3.8) is 0 Å². The van der Waals surface area contributed by atoms with Gasteiger partial charge in [-0.25, -0.2) is 13.6 Å². The van der Waals surface area contributed by atoms with Gasteiger partial charge in [-0.05, 0) is 35.4 Å². The smallest absolute Gasteiger partial charge is 0.239 e. The summed E-state index contributed by atoms with van der Waals surface area (Å²) in [4.78, 5) is 8.39. The van der Waals surface area contributed by atoms with Gasteiger partial charge in [0.2, 0.25) is 10.0 Å². The lowest BCUT2D eigenvalue weighted by atomic mass is 9.99.